The van der Waals surface area contributed by atoms with Crippen molar-refractivity contribution in [2.75, 3.05) is 18.6 Å². The topological polar surface area (TPSA) is 77.0 Å². The number of rotatable bonds is 6. The fraction of sp³-hybridized carbons (Fsp3) is 0.235. The highest BCUT2D eigenvalue weighted by atomic mass is 32.2. The maximum absolute atomic E-state index is 13.9. The van der Waals surface area contributed by atoms with E-state index in [9.17, 15) is 9.18 Å². The van der Waals surface area contributed by atoms with Crippen LogP contribution in [0.25, 0.3) is 11.4 Å². The number of hydrogen-bond donors (Lipinski definition) is 1. The van der Waals surface area contributed by atoms with Crippen LogP contribution in [0.5, 0.6) is 0 Å². The van der Waals surface area contributed by atoms with E-state index >= 15 is 0 Å². The molecule has 0 spiro atoms. The second-order valence-corrected chi connectivity index (χ2v) is 7.66. The van der Waals surface area contributed by atoms with Crippen molar-refractivity contribution in [1.29, 1.82) is 0 Å². The first kappa shape index (κ1) is 18.4. The average molecular weight is 391 g/mol. The summed E-state index contributed by atoms with van der Waals surface area (Å²) < 4.78 is 15.1. The Morgan fingerprint density at radius 1 is 1.35 bits per heavy atom. The Labute approximate surface area is 158 Å². The Bertz CT molecular complexity index is 924. The number of benzene rings is 1. The Morgan fingerprint density at radius 2 is 2.12 bits per heavy atom. The number of aromatic nitrogens is 3. The first-order valence-electron chi connectivity index (χ1n) is 7.82. The number of thiophene rings is 1. The molecule has 0 atom stereocenters. The lowest BCUT2D eigenvalue weighted by molar-refractivity contribution is -0.127. The molecule has 0 fully saturated rings. The van der Waals surface area contributed by atoms with Crippen molar-refractivity contribution in [2.24, 2.45) is 0 Å². The lowest BCUT2D eigenvalue weighted by Crippen LogP contribution is -2.28. The van der Waals surface area contributed by atoms with Crippen molar-refractivity contribution < 1.29 is 9.18 Å². The highest BCUT2D eigenvalue weighted by molar-refractivity contribution is 7.99. The first-order chi connectivity index (χ1) is 12.5. The standard InChI is InChI=1S/C17H18FN5OS2/c1-11-7-8-25-14(11)9-22(2)15(24)10-26-17-21-20-16(23(17)19)12-5-3-4-6-13(12)18/h3-8H,9-10,19H2,1-2H3. The van der Waals surface area contributed by atoms with E-state index in [2.05, 4.69) is 10.2 Å². The van der Waals surface area contributed by atoms with Gasteiger partial charge in [-0.05, 0) is 36.1 Å². The van der Waals surface area contributed by atoms with Crippen molar-refractivity contribution in [2.45, 2.75) is 18.6 Å². The molecule has 2 aromatic heterocycles. The molecule has 0 saturated heterocycles. The molecule has 2 N–H and O–H groups in total. The number of nitrogens with zero attached hydrogens (tertiary/aromatic N) is 4. The molecule has 0 radical (unpaired) electrons. The summed E-state index contributed by atoms with van der Waals surface area (Å²) >= 11 is 2.81. The molecule has 9 heteroatoms. The molecule has 136 valence electrons. The molecule has 1 amide bonds. The predicted molar refractivity (Wildman–Crippen MR) is 102 cm³/mol. The maximum atomic E-state index is 13.9. The van der Waals surface area contributed by atoms with E-state index < -0.39 is 5.82 Å². The molecule has 2 heterocycles. The summed E-state index contributed by atoms with van der Waals surface area (Å²) in [7, 11) is 1.76. The van der Waals surface area contributed by atoms with Crippen LogP contribution in [-0.4, -0.2) is 38.5 Å². The molecule has 3 rings (SSSR count). The molecular formula is C17H18FN5OS2. The SMILES string of the molecule is Cc1ccsc1CN(C)C(=O)CSc1nnc(-c2ccccc2F)n1N. The van der Waals surface area contributed by atoms with Gasteiger partial charge in [0.05, 0.1) is 17.9 Å². The molecule has 26 heavy (non-hydrogen) atoms. The van der Waals surface area contributed by atoms with E-state index in [1.807, 2.05) is 18.4 Å². The first-order valence-corrected chi connectivity index (χ1v) is 9.69. The normalized spacial score (nSPS) is 10.9. The van der Waals surface area contributed by atoms with E-state index in [0.29, 0.717) is 11.7 Å². The fourth-order valence-electron chi connectivity index (χ4n) is 2.31. The van der Waals surface area contributed by atoms with Crippen molar-refractivity contribution in [1.82, 2.24) is 19.8 Å². The Kier molecular flexibility index (Phi) is 5.58. The third-order valence-corrected chi connectivity index (χ3v) is 5.81. The number of nitrogens with two attached hydrogens (primary N) is 1. The number of halogens is 1. The molecule has 0 aliphatic heterocycles. The summed E-state index contributed by atoms with van der Waals surface area (Å²) in [4.78, 5) is 15.2. The zero-order chi connectivity index (χ0) is 18.7. The fourth-order valence-corrected chi connectivity index (χ4v) is 4.06. The summed E-state index contributed by atoms with van der Waals surface area (Å²) in [6.07, 6.45) is 0. The lowest BCUT2D eigenvalue weighted by Gasteiger charge is -2.16. The van der Waals surface area contributed by atoms with Gasteiger partial charge in [0, 0.05) is 11.9 Å². The van der Waals surface area contributed by atoms with Crippen LogP contribution in [0.2, 0.25) is 0 Å². The van der Waals surface area contributed by atoms with Gasteiger partial charge in [0.15, 0.2) is 5.82 Å². The van der Waals surface area contributed by atoms with Crippen LogP contribution in [0.4, 0.5) is 4.39 Å². The minimum absolute atomic E-state index is 0.0433. The monoisotopic (exact) mass is 391 g/mol. The number of thioether (sulfide) groups is 1. The van der Waals surface area contributed by atoms with E-state index in [-0.39, 0.29) is 23.0 Å². The molecule has 6 nitrogen and oxygen atoms in total. The zero-order valence-electron chi connectivity index (χ0n) is 14.3. The highest BCUT2D eigenvalue weighted by Crippen LogP contribution is 2.24. The molecule has 0 aliphatic rings. The zero-order valence-corrected chi connectivity index (χ0v) is 16.0. The van der Waals surface area contributed by atoms with Gasteiger partial charge in [-0.15, -0.1) is 21.5 Å². The second kappa shape index (κ2) is 7.88. The quantitative estimate of drug-likeness (QED) is 0.516. The number of hydrogen-bond acceptors (Lipinski definition) is 6. The number of nitrogen functional groups attached to an aromatic ring is 1. The molecule has 3 aromatic rings. The molecule has 0 aliphatic carbocycles. The van der Waals surface area contributed by atoms with Crippen LogP contribution in [-0.2, 0) is 11.3 Å². The highest BCUT2D eigenvalue weighted by Gasteiger charge is 2.18. The van der Waals surface area contributed by atoms with Crippen LogP contribution in [0.15, 0.2) is 40.9 Å². The van der Waals surface area contributed by atoms with Gasteiger partial charge in [-0.25, -0.2) is 9.07 Å². The minimum atomic E-state index is -0.426. The minimum Gasteiger partial charge on any atom is -0.340 e. The third kappa shape index (κ3) is 3.88. The van der Waals surface area contributed by atoms with Crippen molar-refractivity contribution >= 4 is 29.0 Å². The van der Waals surface area contributed by atoms with Gasteiger partial charge >= 0.3 is 0 Å². The largest absolute Gasteiger partial charge is 0.340 e. The van der Waals surface area contributed by atoms with Crippen molar-refractivity contribution in [3.63, 3.8) is 0 Å². The van der Waals surface area contributed by atoms with Gasteiger partial charge in [-0.2, -0.15) is 0 Å². The number of aryl methyl sites for hydroxylation is 1. The van der Waals surface area contributed by atoms with Gasteiger partial charge in [0.25, 0.3) is 0 Å². The van der Waals surface area contributed by atoms with Gasteiger partial charge in [0.2, 0.25) is 11.1 Å². The average Bonchev–Trinajstić information content (AvgIpc) is 3.19. The van der Waals surface area contributed by atoms with Crippen molar-refractivity contribution in [3.05, 3.63) is 52.0 Å². The lowest BCUT2D eigenvalue weighted by atomic mass is 10.2. The van der Waals surface area contributed by atoms with Crippen LogP contribution >= 0.6 is 23.1 Å². The summed E-state index contributed by atoms with van der Waals surface area (Å²) in [5.41, 5.74) is 1.45. The Balaban J connectivity index is 1.64. The summed E-state index contributed by atoms with van der Waals surface area (Å²) in [6, 6.07) is 8.25. The number of carbonyl (C=O) groups excluding carboxylic acids is 1. The van der Waals surface area contributed by atoms with Crippen LogP contribution in [0, 0.1) is 12.7 Å². The van der Waals surface area contributed by atoms with E-state index in [1.54, 1.807) is 41.5 Å². The van der Waals surface area contributed by atoms with E-state index in [4.69, 9.17) is 5.84 Å². The number of amides is 1. The van der Waals surface area contributed by atoms with Gasteiger partial charge in [-0.1, -0.05) is 23.9 Å². The van der Waals surface area contributed by atoms with Gasteiger partial charge < -0.3 is 10.7 Å². The predicted octanol–water partition coefficient (Wildman–Crippen LogP) is 2.92. The Hall–Kier alpha value is -2.39. The summed E-state index contributed by atoms with van der Waals surface area (Å²) in [6.45, 7) is 2.60. The molecule has 0 saturated carbocycles. The van der Waals surface area contributed by atoms with E-state index in [1.165, 1.54) is 28.1 Å². The molecule has 1 aromatic carbocycles. The molecular weight excluding hydrogens is 373 g/mol. The maximum Gasteiger partial charge on any atom is 0.233 e. The molecule has 0 unspecified atom stereocenters. The van der Waals surface area contributed by atoms with Crippen molar-refractivity contribution in [3.8, 4) is 11.4 Å². The van der Waals surface area contributed by atoms with Crippen LogP contribution < -0.4 is 5.84 Å². The molecule has 0 bridgehead atoms. The summed E-state index contributed by atoms with van der Waals surface area (Å²) in [5, 5.41) is 10.3. The second-order valence-electron chi connectivity index (χ2n) is 5.72. The van der Waals surface area contributed by atoms with Crippen LogP contribution in [0.3, 0.4) is 0 Å². The number of carbonyl (C=O) groups is 1. The van der Waals surface area contributed by atoms with Crippen LogP contribution in [0.1, 0.15) is 10.4 Å². The smallest absolute Gasteiger partial charge is 0.233 e. The summed E-state index contributed by atoms with van der Waals surface area (Å²) in [5.74, 6) is 5.90. The Morgan fingerprint density at radius 3 is 2.81 bits per heavy atom. The van der Waals surface area contributed by atoms with Gasteiger partial charge in [-0.3, -0.25) is 4.79 Å². The third-order valence-electron chi connectivity index (χ3n) is 3.88. The van der Waals surface area contributed by atoms with Gasteiger partial charge in [0.1, 0.15) is 5.82 Å². The van der Waals surface area contributed by atoms with E-state index in [0.717, 1.165) is 4.88 Å².